The van der Waals surface area contributed by atoms with Crippen molar-refractivity contribution in [1.82, 2.24) is 24.1 Å². The van der Waals surface area contributed by atoms with E-state index in [1.165, 1.54) is 6.33 Å². The lowest BCUT2D eigenvalue weighted by Crippen LogP contribution is -2.33. The van der Waals surface area contributed by atoms with Gasteiger partial charge in [-0.2, -0.15) is 18.6 Å². The van der Waals surface area contributed by atoms with Crippen molar-refractivity contribution >= 4 is 42.2 Å². The van der Waals surface area contributed by atoms with E-state index >= 15 is 0 Å². The SMILES string of the molecule is Nc1ncnc(N2CCC[C@H]2c2nn3cccc3c(=O)n2-c2ccccc2)c1Cl.S. The van der Waals surface area contributed by atoms with Crippen LogP contribution in [0.15, 0.2) is 59.8 Å². The zero-order chi connectivity index (χ0) is 20.0. The minimum atomic E-state index is -0.179. The first-order valence-corrected chi connectivity index (χ1v) is 9.71. The van der Waals surface area contributed by atoms with E-state index in [0.29, 0.717) is 22.2 Å². The van der Waals surface area contributed by atoms with Gasteiger partial charge in [-0.1, -0.05) is 29.8 Å². The summed E-state index contributed by atoms with van der Waals surface area (Å²) in [5, 5.41) is 5.12. The number of anilines is 2. The lowest BCUT2D eigenvalue weighted by Gasteiger charge is -2.27. The summed E-state index contributed by atoms with van der Waals surface area (Å²) in [7, 11) is 0. The van der Waals surface area contributed by atoms with Gasteiger partial charge in [-0.05, 0) is 37.1 Å². The first-order valence-electron chi connectivity index (χ1n) is 9.33. The molecule has 8 nitrogen and oxygen atoms in total. The van der Waals surface area contributed by atoms with E-state index in [-0.39, 0.29) is 30.9 Å². The van der Waals surface area contributed by atoms with Crippen molar-refractivity contribution in [2.24, 2.45) is 0 Å². The minimum Gasteiger partial charge on any atom is -0.382 e. The van der Waals surface area contributed by atoms with E-state index in [2.05, 4.69) is 14.9 Å². The molecule has 1 aliphatic heterocycles. The summed E-state index contributed by atoms with van der Waals surface area (Å²) in [5.74, 6) is 1.43. The summed E-state index contributed by atoms with van der Waals surface area (Å²) >= 11 is 6.41. The maximum Gasteiger partial charge on any atom is 0.282 e. The Morgan fingerprint density at radius 1 is 1.10 bits per heavy atom. The van der Waals surface area contributed by atoms with Gasteiger partial charge in [-0.15, -0.1) is 0 Å². The van der Waals surface area contributed by atoms with E-state index in [1.807, 2.05) is 36.4 Å². The molecule has 0 unspecified atom stereocenters. The van der Waals surface area contributed by atoms with Crippen LogP contribution in [0.3, 0.4) is 0 Å². The number of hydrogen-bond acceptors (Lipinski definition) is 6. The summed E-state index contributed by atoms with van der Waals surface area (Å²) < 4.78 is 3.31. The van der Waals surface area contributed by atoms with Gasteiger partial charge < -0.3 is 10.6 Å². The third-order valence-electron chi connectivity index (χ3n) is 5.23. The van der Waals surface area contributed by atoms with Crippen molar-refractivity contribution in [3.8, 4) is 5.69 Å². The van der Waals surface area contributed by atoms with Crippen molar-refractivity contribution in [2.45, 2.75) is 18.9 Å². The van der Waals surface area contributed by atoms with Crippen LogP contribution in [0.25, 0.3) is 11.2 Å². The topological polar surface area (TPSA) is 94.3 Å². The fourth-order valence-electron chi connectivity index (χ4n) is 3.91. The Balaban J connectivity index is 0.00000218. The van der Waals surface area contributed by atoms with Gasteiger partial charge in [-0.25, -0.2) is 14.5 Å². The van der Waals surface area contributed by atoms with Crippen LogP contribution in [0.1, 0.15) is 24.7 Å². The van der Waals surface area contributed by atoms with Crippen molar-refractivity contribution in [3.63, 3.8) is 0 Å². The second kappa shape index (κ2) is 8.00. The van der Waals surface area contributed by atoms with E-state index in [4.69, 9.17) is 22.4 Å². The van der Waals surface area contributed by atoms with Crippen LogP contribution in [0.4, 0.5) is 11.6 Å². The molecular weight excluding hydrogens is 422 g/mol. The van der Waals surface area contributed by atoms with E-state index in [1.54, 1.807) is 21.3 Å². The highest BCUT2D eigenvalue weighted by molar-refractivity contribution is 7.59. The first kappa shape index (κ1) is 20.2. The van der Waals surface area contributed by atoms with Gasteiger partial charge in [-0.3, -0.25) is 9.36 Å². The highest BCUT2D eigenvalue weighted by Gasteiger charge is 2.33. The maximum absolute atomic E-state index is 13.3. The Kier molecular flexibility index (Phi) is 5.40. The van der Waals surface area contributed by atoms with Gasteiger partial charge in [0.25, 0.3) is 5.56 Å². The fraction of sp³-hybridized carbons (Fsp3) is 0.200. The van der Waals surface area contributed by atoms with E-state index < -0.39 is 0 Å². The number of rotatable bonds is 3. The summed E-state index contributed by atoms with van der Waals surface area (Å²) in [6.45, 7) is 0.731. The molecule has 1 atom stereocenters. The van der Waals surface area contributed by atoms with Crippen molar-refractivity contribution in [2.75, 3.05) is 17.2 Å². The van der Waals surface area contributed by atoms with Crippen LogP contribution >= 0.6 is 25.1 Å². The number of benzene rings is 1. The molecule has 0 spiro atoms. The molecule has 4 aromatic rings. The number of hydrogen-bond donors (Lipinski definition) is 1. The van der Waals surface area contributed by atoms with Crippen molar-refractivity contribution in [1.29, 1.82) is 0 Å². The van der Waals surface area contributed by atoms with Crippen LogP contribution < -0.4 is 16.2 Å². The molecule has 1 saturated heterocycles. The molecule has 1 fully saturated rings. The highest BCUT2D eigenvalue weighted by Crippen LogP contribution is 2.38. The molecule has 1 aromatic carbocycles. The third kappa shape index (κ3) is 3.20. The van der Waals surface area contributed by atoms with Crippen LogP contribution in [-0.4, -0.2) is 30.7 Å². The molecule has 0 radical (unpaired) electrons. The lowest BCUT2D eigenvalue weighted by molar-refractivity contribution is 0.601. The van der Waals surface area contributed by atoms with Gasteiger partial charge in [0.2, 0.25) is 0 Å². The largest absolute Gasteiger partial charge is 0.382 e. The van der Waals surface area contributed by atoms with Crippen molar-refractivity contribution in [3.05, 3.63) is 76.2 Å². The highest BCUT2D eigenvalue weighted by atomic mass is 35.5. The molecule has 1 aliphatic rings. The number of aromatic nitrogens is 5. The predicted octanol–water partition coefficient (Wildman–Crippen LogP) is 2.97. The number of nitrogen functional groups attached to an aromatic ring is 1. The predicted molar refractivity (Wildman–Crippen MR) is 122 cm³/mol. The standard InChI is InChI=1S/C20H18ClN7O.H2S/c21-16-17(22)23-12-24-19(16)26-10-4-8-14(26)18-25-27-11-5-9-15(27)20(29)28(18)13-6-2-1-3-7-13;/h1-3,5-7,9,11-12,14H,4,8,10H2,(H2,22,23,24);1H2/t14-;/m0./s1. The Morgan fingerprint density at radius 2 is 1.90 bits per heavy atom. The van der Waals surface area contributed by atoms with E-state index in [0.717, 1.165) is 25.1 Å². The zero-order valence-corrected chi connectivity index (χ0v) is 17.7. The van der Waals surface area contributed by atoms with Gasteiger partial charge in [0, 0.05) is 12.7 Å². The number of nitrogens with two attached hydrogens (primary N) is 1. The molecule has 5 rings (SSSR count). The second-order valence-electron chi connectivity index (χ2n) is 6.92. The van der Waals surface area contributed by atoms with Crippen LogP contribution in [0.5, 0.6) is 0 Å². The minimum absolute atomic E-state index is 0. The Hall–Kier alpha value is -3.04. The zero-order valence-electron chi connectivity index (χ0n) is 15.9. The van der Waals surface area contributed by atoms with Gasteiger partial charge in [0.15, 0.2) is 11.6 Å². The molecule has 0 aliphatic carbocycles. The Labute approximate surface area is 184 Å². The molecule has 0 bridgehead atoms. The van der Waals surface area contributed by atoms with Gasteiger partial charge in [0.1, 0.15) is 22.7 Å². The summed E-state index contributed by atoms with van der Waals surface area (Å²) in [6.07, 6.45) is 4.91. The summed E-state index contributed by atoms with van der Waals surface area (Å²) in [5.41, 5.74) is 7.06. The summed E-state index contributed by atoms with van der Waals surface area (Å²) in [6, 6.07) is 12.9. The van der Waals surface area contributed by atoms with Crippen LogP contribution in [0.2, 0.25) is 5.02 Å². The maximum atomic E-state index is 13.3. The number of nitrogens with zero attached hydrogens (tertiary/aromatic N) is 6. The van der Waals surface area contributed by atoms with Crippen molar-refractivity contribution < 1.29 is 0 Å². The summed E-state index contributed by atoms with van der Waals surface area (Å²) in [4.78, 5) is 23.7. The molecule has 4 heterocycles. The van der Waals surface area contributed by atoms with Crippen LogP contribution in [0, 0.1) is 0 Å². The molecule has 10 heteroatoms. The molecule has 3 aromatic heterocycles. The molecule has 30 heavy (non-hydrogen) atoms. The van der Waals surface area contributed by atoms with E-state index in [9.17, 15) is 4.79 Å². The molecule has 154 valence electrons. The lowest BCUT2D eigenvalue weighted by atomic mass is 10.2. The number of fused-ring (bicyclic) bond motifs is 1. The average molecular weight is 442 g/mol. The Morgan fingerprint density at radius 3 is 2.70 bits per heavy atom. The molecule has 2 N–H and O–H groups in total. The van der Waals surface area contributed by atoms with Gasteiger partial charge >= 0.3 is 0 Å². The molecular formula is C20H20ClN7OS. The Bertz CT molecular complexity index is 1260. The van der Waals surface area contributed by atoms with Gasteiger partial charge in [0.05, 0.1) is 11.7 Å². The number of para-hydroxylation sites is 1. The third-order valence-corrected chi connectivity index (χ3v) is 5.59. The molecule has 0 saturated carbocycles. The monoisotopic (exact) mass is 441 g/mol. The molecule has 0 amide bonds. The number of halogens is 1. The average Bonchev–Trinajstić information content (AvgIpc) is 3.40. The van der Waals surface area contributed by atoms with Crippen LogP contribution in [-0.2, 0) is 0 Å². The quantitative estimate of drug-likeness (QED) is 0.525. The smallest absolute Gasteiger partial charge is 0.282 e. The normalized spacial score (nSPS) is 16.0. The fourth-order valence-corrected chi connectivity index (χ4v) is 4.11. The second-order valence-corrected chi connectivity index (χ2v) is 7.30. The first-order chi connectivity index (χ1) is 14.1.